The first-order valence-corrected chi connectivity index (χ1v) is 7.83. The molecule has 6 nitrogen and oxygen atoms in total. The van der Waals surface area contributed by atoms with Crippen LogP contribution >= 0.6 is 0 Å². The average Bonchev–Trinajstić information content (AvgIpc) is 3.16. The van der Waals surface area contributed by atoms with Crippen molar-refractivity contribution >= 4 is 22.3 Å². The molecule has 0 amide bonds. The highest BCUT2D eigenvalue weighted by atomic mass is 15.5. The van der Waals surface area contributed by atoms with Crippen LogP contribution in [-0.4, -0.2) is 20.0 Å². The van der Waals surface area contributed by atoms with E-state index < -0.39 is 0 Å². The van der Waals surface area contributed by atoms with E-state index in [0.29, 0.717) is 17.8 Å². The molecule has 4 rings (SSSR count). The number of rotatable bonds is 4. The number of anilines is 2. The van der Waals surface area contributed by atoms with Gasteiger partial charge in [0, 0.05) is 11.1 Å². The summed E-state index contributed by atoms with van der Waals surface area (Å²) >= 11 is 0. The van der Waals surface area contributed by atoms with Crippen LogP contribution in [0, 0.1) is 11.3 Å². The molecule has 0 aliphatic rings. The molecule has 0 unspecified atom stereocenters. The molecular weight excluding hydrogens is 312 g/mol. The largest absolute Gasteiger partial charge is 0.354 e. The Balaban J connectivity index is 1.90. The van der Waals surface area contributed by atoms with E-state index in [1.165, 1.54) is 4.80 Å². The molecule has 0 bridgehead atoms. The standard InChI is InChI=1S/C19H14N6/c20-12-16-18(13-25-21-10-11-22-25)24-17-9-5-4-8-15(17)19(16)23-14-6-2-1-3-7-14/h1-11H,13H2,(H,23,24). The Labute approximate surface area is 144 Å². The second kappa shape index (κ2) is 6.42. The van der Waals surface area contributed by atoms with Gasteiger partial charge in [-0.3, -0.25) is 0 Å². The minimum Gasteiger partial charge on any atom is -0.354 e. The van der Waals surface area contributed by atoms with Crippen LogP contribution in [-0.2, 0) is 6.54 Å². The maximum absolute atomic E-state index is 9.79. The van der Waals surface area contributed by atoms with Crippen LogP contribution in [0.1, 0.15) is 11.3 Å². The molecular formula is C19H14N6. The summed E-state index contributed by atoms with van der Waals surface area (Å²) in [4.78, 5) is 6.18. The Morgan fingerprint density at radius 2 is 1.68 bits per heavy atom. The average molecular weight is 326 g/mol. The van der Waals surface area contributed by atoms with Gasteiger partial charge in [0.1, 0.15) is 12.6 Å². The number of para-hydroxylation sites is 2. The minimum absolute atomic E-state index is 0.337. The van der Waals surface area contributed by atoms with Gasteiger partial charge in [-0.2, -0.15) is 20.3 Å². The first-order valence-electron chi connectivity index (χ1n) is 7.83. The lowest BCUT2D eigenvalue weighted by Gasteiger charge is -2.14. The molecule has 0 spiro atoms. The molecule has 2 heterocycles. The molecule has 2 aromatic heterocycles. The van der Waals surface area contributed by atoms with Gasteiger partial charge in [-0.25, -0.2) is 4.98 Å². The van der Waals surface area contributed by atoms with E-state index in [1.807, 2.05) is 54.6 Å². The Morgan fingerprint density at radius 1 is 0.960 bits per heavy atom. The van der Waals surface area contributed by atoms with Crippen molar-refractivity contribution in [3.05, 3.63) is 78.2 Å². The van der Waals surface area contributed by atoms with Gasteiger partial charge in [-0.1, -0.05) is 36.4 Å². The van der Waals surface area contributed by atoms with E-state index in [0.717, 1.165) is 22.3 Å². The molecule has 1 N–H and O–H groups in total. The van der Waals surface area contributed by atoms with Crippen molar-refractivity contribution < 1.29 is 0 Å². The molecule has 0 fully saturated rings. The van der Waals surface area contributed by atoms with Gasteiger partial charge >= 0.3 is 0 Å². The zero-order chi connectivity index (χ0) is 17.1. The van der Waals surface area contributed by atoms with Crippen molar-refractivity contribution in [1.82, 2.24) is 20.0 Å². The molecule has 4 aromatic rings. The highest BCUT2D eigenvalue weighted by molar-refractivity contribution is 5.96. The molecule has 6 heteroatoms. The summed E-state index contributed by atoms with van der Waals surface area (Å²) in [5.74, 6) is 0. The number of benzene rings is 2. The van der Waals surface area contributed by atoms with Crippen LogP contribution in [0.5, 0.6) is 0 Å². The van der Waals surface area contributed by atoms with Crippen LogP contribution in [0.2, 0.25) is 0 Å². The van der Waals surface area contributed by atoms with Gasteiger partial charge < -0.3 is 5.32 Å². The van der Waals surface area contributed by atoms with Gasteiger partial charge in [-0.15, -0.1) is 0 Å². The second-order valence-electron chi connectivity index (χ2n) is 5.49. The predicted molar refractivity (Wildman–Crippen MR) is 95.3 cm³/mol. The Kier molecular flexibility index (Phi) is 3.81. The first kappa shape index (κ1) is 14.8. The topological polar surface area (TPSA) is 79.4 Å². The number of hydrogen-bond donors (Lipinski definition) is 1. The van der Waals surface area contributed by atoms with Crippen molar-refractivity contribution in [2.45, 2.75) is 6.54 Å². The van der Waals surface area contributed by atoms with E-state index in [-0.39, 0.29) is 0 Å². The van der Waals surface area contributed by atoms with Crippen molar-refractivity contribution in [3.63, 3.8) is 0 Å². The zero-order valence-corrected chi connectivity index (χ0v) is 13.3. The third kappa shape index (κ3) is 2.91. The fraction of sp³-hybridized carbons (Fsp3) is 0.0526. The van der Waals surface area contributed by atoms with Gasteiger partial charge in [0.15, 0.2) is 0 Å². The molecule has 120 valence electrons. The summed E-state index contributed by atoms with van der Waals surface area (Å²) in [6.07, 6.45) is 3.21. The Morgan fingerprint density at radius 3 is 2.44 bits per heavy atom. The van der Waals surface area contributed by atoms with E-state index in [1.54, 1.807) is 12.4 Å². The molecule has 0 aliphatic heterocycles. The SMILES string of the molecule is N#Cc1c(Cn2nccn2)nc2ccccc2c1Nc1ccccc1. The van der Waals surface area contributed by atoms with Crippen LogP contribution in [0.3, 0.4) is 0 Å². The van der Waals surface area contributed by atoms with Gasteiger partial charge in [0.05, 0.1) is 34.9 Å². The quantitative estimate of drug-likeness (QED) is 0.621. The number of pyridine rings is 1. The monoisotopic (exact) mass is 326 g/mol. The summed E-state index contributed by atoms with van der Waals surface area (Å²) in [6, 6.07) is 19.9. The van der Waals surface area contributed by atoms with Gasteiger partial charge in [0.25, 0.3) is 0 Å². The maximum atomic E-state index is 9.79. The molecule has 0 saturated carbocycles. The van der Waals surface area contributed by atoms with Crippen LogP contribution in [0.25, 0.3) is 10.9 Å². The fourth-order valence-electron chi connectivity index (χ4n) is 2.75. The number of nitrogens with one attached hydrogen (secondary N) is 1. The summed E-state index contributed by atoms with van der Waals surface area (Å²) in [6.45, 7) is 0.337. The number of nitriles is 1. The molecule has 0 atom stereocenters. The summed E-state index contributed by atoms with van der Waals surface area (Å²) in [5, 5.41) is 22.3. The van der Waals surface area contributed by atoms with Crippen LogP contribution in [0.15, 0.2) is 67.0 Å². The molecule has 0 radical (unpaired) electrons. The maximum Gasteiger partial charge on any atom is 0.104 e. The molecule has 25 heavy (non-hydrogen) atoms. The number of nitrogens with zero attached hydrogens (tertiary/aromatic N) is 5. The third-order valence-corrected chi connectivity index (χ3v) is 3.88. The normalized spacial score (nSPS) is 10.5. The summed E-state index contributed by atoms with van der Waals surface area (Å²) in [7, 11) is 0. The summed E-state index contributed by atoms with van der Waals surface area (Å²) < 4.78 is 0. The van der Waals surface area contributed by atoms with Crippen molar-refractivity contribution in [3.8, 4) is 6.07 Å². The van der Waals surface area contributed by atoms with E-state index in [2.05, 4.69) is 26.6 Å². The number of aromatic nitrogens is 4. The molecule has 2 aromatic carbocycles. The number of hydrogen-bond acceptors (Lipinski definition) is 5. The Bertz CT molecular complexity index is 1050. The highest BCUT2D eigenvalue weighted by Gasteiger charge is 2.16. The lowest BCUT2D eigenvalue weighted by molar-refractivity contribution is 0.582. The molecule has 0 saturated heterocycles. The van der Waals surface area contributed by atoms with E-state index in [4.69, 9.17) is 0 Å². The Hall–Kier alpha value is -3.72. The summed E-state index contributed by atoms with van der Waals surface area (Å²) in [5.41, 5.74) is 3.62. The minimum atomic E-state index is 0.337. The second-order valence-corrected chi connectivity index (χ2v) is 5.49. The van der Waals surface area contributed by atoms with Crippen molar-refractivity contribution in [1.29, 1.82) is 5.26 Å². The zero-order valence-electron chi connectivity index (χ0n) is 13.3. The van der Waals surface area contributed by atoms with E-state index >= 15 is 0 Å². The van der Waals surface area contributed by atoms with Crippen LogP contribution < -0.4 is 5.32 Å². The lowest BCUT2D eigenvalue weighted by atomic mass is 10.1. The lowest BCUT2D eigenvalue weighted by Crippen LogP contribution is -2.09. The third-order valence-electron chi connectivity index (χ3n) is 3.88. The van der Waals surface area contributed by atoms with Crippen molar-refractivity contribution in [2.24, 2.45) is 0 Å². The van der Waals surface area contributed by atoms with Gasteiger partial charge in [-0.05, 0) is 18.2 Å². The van der Waals surface area contributed by atoms with Gasteiger partial charge in [0.2, 0.25) is 0 Å². The first-order chi connectivity index (χ1) is 12.3. The number of fused-ring (bicyclic) bond motifs is 1. The van der Waals surface area contributed by atoms with Crippen LogP contribution in [0.4, 0.5) is 11.4 Å². The highest BCUT2D eigenvalue weighted by Crippen LogP contribution is 2.31. The smallest absolute Gasteiger partial charge is 0.104 e. The molecule has 0 aliphatic carbocycles. The van der Waals surface area contributed by atoms with E-state index in [9.17, 15) is 5.26 Å². The fourth-order valence-corrected chi connectivity index (χ4v) is 2.75. The van der Waals surface area contributed by atoms with Crippen molar-refractivity contribution in [2.75, 3.05) is 5.32 Å². The predicted octanol–water partition coefficient (Wildman–Crippen LogP) is 3.49.